The standard InChI is InChI=1S/C58H44N2/c1-57(2)49-27-13-11-23-43(49)47-35-41(29-31-51(47)57)59(39-19-7-5-8-20-39)53-33-37-17-16-26-46-54(34-38-18-15-25-45(53)55(38)56(37)46)60(40-21-9-6-10-22-40)42-30-32-52-48(36-42)44-24-12-14-28-50(44)58(52,3)4/h5-36H,1-4H3. The third-order valence-corrected chi connectivity index (χ3v) is 13.7. The predicted molar refractivity (Wildman–Crippen MR) is 255 cm³/mol. The molecule has 2 nitrogen and oxygen atoms in total. The van der Waals surface area contributed by atoms with Gasteiger partial charge in [0.05, 0.1) is 11.4 Å². The third-order valence-electron chi connectivity index (χ3n) is 13.7. The lowest BCUT2D eigenvalue weighted by atomic mass is 9.82. The maximum Gasteiger partial charge on any atom is 0.0546 e. The van der Waals surface area contributed by atoms with E-state index in [0.717, 1.165) is 22.7 Å². The molecule has 286 valence electrons. The summed E-state index contributed by atoms with van der Waals surface area (Å²) in [6.45, 7) is 9.41. The minimum absolute atomic E-state index is 0.0570. The molecule has 0 aromatic heterocycles. The van der Waals surface area contributed by atoms with Crippen molar-refractivity contribution in [2.45, 2.75) is 38.5 Å². The van der Waals surface area contributed by atoms with Gasteiger partial charge >= 0.3 is 0 Å². The van der Waals surface area contributed by atoms with Crippen LogP contribution in [0, 0.1) is 0 Å². The lowest BCUT2D eigenvalue weighted by Gasteiger charge is -2.31. The fraction of sp³-hybridized carbons (Fsp3) is 0.103. The molecule has 60 heavy (non-hydrogen) atoms. The topological polar surface area (TPSA) is 6.48 Å². The molecule has 10 aromatic carbocycles. The van der Waals surface area contributed by atoms with Crippen molar-refractivity contribution in [2.24, 2.45) is 0 Å². The molecular formula is C58H44N2. The van der Waals surface area contributed by atoms with Crippen LogP contribution < -0.4 is 9.80 Å². The van der Waals surface area contributed by atoms with E-state index in [0.29, 0.717) is 0 Å². The van der Waals surface area contributed by atoms with Crippen LogP contribution in [-0.4, -0.2) is 0 Å². The van der Waals surface area contributed by atoms with Gasteiger partial charge in [-0.1, -0.05) is 161 Å². The number of para-hydroxylation sites is 2. The van der Waals surface area contributed by atoms with Gasteiger partial charge in [0.25, 0.3) is 0 Å². The summed E-state index contributed by atoms with van der Waals surface area (Å²) in [5.74, 6) is 0. The first-order valence-corrected chi connectivity index (χ1v) is 21.2. The van der Waals surface area contributed by atoms with Crippen LogP contribution in [0.1, 0.15) is 49.9 Å². The number of anilines is 6. The molecule has 2 aliphatic rings. The first-order chi connectivity index (χ1) is 29.3. The Bertz CT molecular complexity index is 3100. The van der Waals surface area contributed by atoms with Crippen molar-refractivity contribution in [3.63, 3.8) is 0 Å². The fourth-order valence-electron chi connectivity index (χ4n) is 10.9. The highest BCUT2D eigenvalue weighted by Crippen LogP contribution is 2.54. The second kappa shape index (κ2) is 12.7. The number of hydrogen-bond acceptors (Lipinski definition) is 2. The monoisotopic (exact) mass is 768 g/mol. The Kier molecular flexibility index (Phi) is 7.36. The molecule has 0 saturated carbocycles. The highest BCUT2D eigenvalue weighted by molar-refractivity contribution is 6.29. The summed E-state index contributed by atoms with van der Waals surface area (Å²) < 4.78 is 0. The second-order valence-electron chi connectivity index (χ2n) is 17.7. The average Bonchev–Trinajstić information content (AvgIpc) is 3.66. The minimum atomic E-state index is -0.0570. The molecule has 0 N–H and O–H groups in total. The largest absolute Gasteiger partial charge is 0.310 e. The summed E-state index contributed by atoms with van der Waals surface area (Å²) in [5, 5.41) is 7.48. The molecule has 0 atom stereocenters. The molecular weight excluding hydrogens is 725 g/mol. The molecule has 0 spiro atoms. The molecule has 0 aliphatic heterocycles. The molecule has 0 saturated heterocycles. The van der Waals surface area contributed by atoms with E-state index in [1.165, 1.54) is 88.2 Å². The van der Waals surface area contributed by atoms with Crippen molar-refractivity contribution in [3.8, 4) is 22.3 Å². The van der Waals surface area contributed by atoms with E-state index >= 15 is 0 Å². The number of hydrogen-bond donors (Lipinski definition) is 0. The van der Waals surface area contributed by atoms with Gasteiger partial charge in [0, 0.05) is 44.4 Å². The van der Waals surface area contributed by atoms with Crippen molar-refractivity contribution < 1.29 is 0 Å². The van der Waals surface area contributed by atoms with Gasteiger partial charge in [-0.2, -0.15) is 0 Å². The quantitative estimate of drug-likeness (QED) is 0.155. The molecule has 0 radical (unpaired) electrons. The zero-order valence-corrected chi connectivity index (χ0v) is 34.4. The zero-order chi connectivity index (χ0) is 40.3. The number of nitrogens with zero attached hydrogens (tertiary/aromatic N) is 2. The Balaban J connectivity index is 1.09. The van der Waals surface area contributed by atoms with E-state index in [-0.39, 0.29) is 10.8 Å². The summed E-state index contributed by atoms with van der Waals surface area (Å²) in [5.41, 5.74) is 17.6. The third kappa shape index (κ3) is 4.88. The van der Waals surface area contributed by atoms with Crippen LogP contribution in [-0.2, 0) is 10.8 Å². The molecule has 2 aliphatic carbocycles. The first-order valence-electron chi connectivity index (χ1n) is 21.2. The number of rotatable bonds is 6. The molecule has 10 aromatic rings. The molecule has 0 fully saturated rings. The van der Waals surface area contributed by atoms with Crippen molar-refractivity contribution in [1.29, 1.82) is 0 Å². The lowest BCUT2D eigenvalue weighted by molar-refractivity contribution is 0.660. The number of benzene rings is 10. The van der Waals surface area contributed by atoms with Crippen molar-refractivity contribution in [1.82, 2.24) is 0 Å². The molecule has 12 rings (SSSR count). The van der Waals surface area contributed by atoms with Gasteiger partial charge in [-0.15, -0.1) is 0 Å². The Morgan fingerprint density at radius 2 is 0.683 bits per heavy atom. The Morgan fingerprint density at radius 1 is 0.300 bits per heavy atom. The van der Waals surface area contributed by atoms with Crippen molar-refractivity contribution in [2.75, 3.05) is 9.80 Å². The molecule has 2 heteroatoms. The van der Waals surface area contributed by atoms with E-state index in [4.69, 9.17) is 0 Å². The lowest BCUT2D eigenvalue weighted by Crippen LogP contribution is -2.15. The van der Waals surface area contributed by atoms with Gasteiger partial charge in [-0.3, -0.25) is 0 Å². The summed E-state index contributed by atoms with van der Waals surface area (Å²) >= 11 is 0. The Hall–Kier alpha value is -7.16. The van der Waals surface area contributed by atoms with Gasteiger partial charge in [0.15, 0.2) is 0 Å². The smallest absolute Gasteiger partial charge is 0.0546 e. The van der Waals surface area contributed by atoms with E-state index in [1.54, 1.807) is 0 Å². The summed E-state index contributed by atoms with van der Waals surface area (Å²) in [7, 11) is 0. The Morgan fingerprint density at radius 3 is 1.12 bits per heavy atom. The average molecular weight is 769 g/mol. The highest BCUT2D eigenvalue weighted by atomic mass is 15.2. The minimum Gasteiger partial charge on any atom is -0.310 e. The summed E-state index contributed by atoms with van der Waals surface area (Å²) in [6, 6.07) is 72.4. The van der Waals surface area contributed by atoms with Crippen LogP contribution in [0.3, 0.4) is 0 Å². The maximum absolute atomic E-state index is 2.47. The summed E-state index contributed by atoms with van der Waals surface area (Å²) in [6.07, 6.45) is 0. The summed E-state index contributed by atoms with van der Waals surface area (Å²) in [4.78, 5) is 4.94. The SMILES string of the molecule is CC1(C)c2ccccc2-c2cc(N(c3ccccc3)c3cc4cccc5c(N(c6ccccc6)c6ccc7c(c6)-c6ccccc6C7(C)C)cc6cccc3c6c45)ccc21. The molecule has 0 unspecified atom stereocenters. The normalized spacial score (nSPS) is 14.3. The van der Waals surface area contributed by atoms with Gasteiger partial charge in [-0.25, -0.2) is 0 Å². The van der Waals surface area contributed by atoms with Crippen molar-refractivity contribution >= 4 is 66.4 Å². The van der Waals surface area contributed by atoms with Gasteiger partial charge in [-0.05, 0) is 127 Å². The molecule has 0 bridgehead atoms. The van der Waals surface area contributed by atoms with E-state index in [2.05, 4.69) is 232 Å². The van der Waals surface area contributed by atoms with Gasteiger partial charge in [0.1, 0.15) is 0 Å². The molecule has 0 heterocycles. The molecule has 0 amide bonds. The second-order valence-corrected chi connectivity index (χ2v) is 17.7. The van der Waals surface area contributed by atoms with E-state index < -0.39 is 0 Å². The van der Waals surface area contributed by atoms with Crippen LogP contribution >= 0.6 is 0 Å². The predicted octanol–water partition coefficient (Wildman–Crippen LogP) is 16.1. The van der Waals surface area contributed by atoms with Crippen LogP contribution in [0.4, 0.5) is 34.1 Å². The van der Waals surface area contributed by atoms with Gasteiger partial charge in [0.2, 0.25) is 0 Å². The Labute approximate surface area is 351 Å². The number of fused-ring (bicyclic) bond motifs is 6. The first kappa shape index (κ1) is 34.8. The van der Waals surface area contributed by atoms with Crippen LogP contribution in [0.2, 0.25) is 0 Å². The van der Waals surface area contributed by atoms with E-state index in [9.17, 15) is 0 Å². The van der Waals surface area contributed by atoms with E-state index in [1.807, 2.05) is 0 Å². The zero-order valence-electron chi connectivity index (χ0n) is 34.4. The fourth-order valence-corrected chi connectivity index (χ4v) is 10.9. The van der Waals surface area contributed by atoms with Gasteiger partial charge < -0.3 is 9.80 Å². The van der Waals surface area contributed by atoms with Crippen molar-refractivity contribution in [3.05, 3.63) is 216 Å². The highest BCUT2D eigenvalue weighted by Gasteiger charge is 2.37. The van der Waals surface area contributed by atoms with Crippen LogP contribution in [0.15, 0.2) is 194 Å². The van der Waals surface area contributed by atoms with Crippen LogP contribution in [0.25, 0.3) is 54.6 Å². The van der Waals surface area contributed by atoms with Crippen LogP contribution in [0.5, 0.6) is 0 Å². The maximum atomic E-state index is 2.47.